The number of likely N-dealkylation sites (tertiary alicyclic amines) is 1. The maximum atomic E-state index is 14.2. The van der Waals surface area contributed by atoms with Gasteiger partial charge in [0.1, 0.15) is 6.10 Å². The summed E-state index contributed by atoms with van der Waals surface area (Å²) in [6.07, 6.45) is 9.75. The van der Waals surface area contributed by atoms with Crippen LogP contribution in [-0.4, -0.2) is 46.4 Å². The zero-order chi connectivity index (χ0) is 31.4. The van der Waals surface area contributed by atoms with E-state index in [1.54, 1.807) is 17.2 Å². The van der Waals surface area contributed by atoms with Gasteiger partial charge >= 0.3 is 0 Å². The van der Waals surface area contributed by atoms with Crippen molar-refractivity contribution in [3.05, 3.63) is 39.7 Å². The molecule has 2 amide bonds. The molecule has 0 bridgehead atoms. The summed E-state index contributed by atoms with van der Waals surface area (Å²) in [5, 5.41) is 12.3. The Morgan fingerprint density at radius 1 is 1.11 bits per heavy atom. The van der Waals surface area contributed by atoms with Crippen LogP contribution in [0.3, 0.4) is 0 Å². The predicted octanol–water partition coefficient (Wildman–Crippen LogP) is 5.58. The van der Waals surface area contributed by atoms with Gasteiger partial charge in [-0.3, -0.25) is 9.59 Å². The van der Waals surface area contributed by atoms with Crippen molar-refractivity contribution in [2.75, 3.05) is 11.4 Å². The van der Waals surface area contributed by atoms with Crippen molar-refractivity contribution in [1.82, 2.24) is 9.88 Å². The number of rotatable bonds is 8. The van der Waals surface area contributed by atoms with Gasteiger partial charge in [0.2, 0.25) is 17.7 Å². The Hall–Kier alpha value is -3.38. The maximum absolute atomic E-state index is 14.2. The number of carboxylic acid groups (broad SMARTS) is 1. The van der Waals surface area contributed by atoms with E-state index in [0.29, 0.717) is 48.2 Å². The van der Waals surface area contributed by atoms with Gasteiger partial charge in [0.05, 0.1) is 21.4 Å². The second-order valence-corrected chi connectivity index (χ2v) is 14.8. The zero-order valence-electron chi connectivity index (χ0n) is 26.4. The van der Waals surface area contributed by atoms with Crippen molar-refractivity contribution in [1.29, 1.82) is 0 Å². The van der Waals surface area contributed by atoms with Crippen LogP contribution in [0.1, 0.15) is 112 Å². The third-order valence-corrected chi connectivity index (χ3v) is 9.98. The molecule has 1 aliphatic heterocycles. The van der Waals surface area contributed by atoms with E-state index in [0.717, 1.165) is 68.4 Å². The van der Waals surface area contributed by atoms with Gasteiger partial charge in [-0.1, -0.05) is 24.8 Å². The highest BCUT2D eigenvalue weighted by molar-refractivity contribution is 7.15. The summed E-state index contributed by atoms with van der Waals surface area (Å²) in [6, 6.07) is 5.47. The first kappa shape index (κ1) is 32.0. The number of carbonyl (C=O) groups excluding carboxylic acids is 3. The summed E-state index contributed by atoms with van der Waals surface area (Å²) in [4.78, 5) is 47.3. The summed E-state index contributed by atoms with van der Waals surface area (Å²) < 4.78 is 6.24. The van der Waals surface area contributed by atoms with E-state index in [-0.39, 0.29) is 40.2 Å². The van der Waals surface area contributed by atoms with Gasteiger partial charge in [0.15, 0.2) is 0 Å². The molecule has 1 saturated heterocycles. The van der Waals surface area contributed by atoms with Crippen molar-refractivity contribution in [3.8, 4) is 17.7 Å². The smallest absolute Gasteiger partial charge is 0.230 e. The third kappa shape index (κ3) is 8.01. The molecule has 0 spiro atoms. The number of carbonyl (C=O) groups is 3. The second kappa shape index (κ2) is 13.7. The number of ether oxygens (including phenoxy) is 1. The number of pyridine rings is 1. The first-order valence-corrected chi connectivity index (χ1v) is 16.9. The molecule has 2 saturated carbocycles. The number of hydrogen-bond acceptors (Lipinski definition) is 7. The van der Waals surface area contributed by atoms with Crippen LogP contribution in [0.15, 0.2) is 24.4 Å². The minimum Gasteiger partial charge on any atom is -0.544 e. The van der Waals surface area contributed by atoms with Gasteiger partial charge in [0, 0.05) is 49.1 Å². The Morgan fingerprint density at radius 2 is 1.84 bits per heavy atom. The molecule has 2 aromatic rings. The van der Waals surface area contributed by atoms with E-state index < -0.39 is 5.97 Å². The van der Waals surface area contributed by atoms with Gasteiger partial charge in [-0.2, -0.15) is 0 Å². The lowest BCUT2D eigenvalue weighted by atomic mass is 9.81. The zero-order valence-corrected chi connectivity index (χ0v) is 27.2. The maximum Gasteiger partial charge on any atom is 0.230 e. The molecular formula is C35H44N3O5S-. The third-order valence-electron chi connectivity index (χ3n) is 8.96. The largest absolute Gasteiger partial charge is 0.544 e. The van der Waals surface area contributed by atoms with Crippen molar-refractivity contribution in [2.24, 2.45) is 17.3 Å². The molecule has 0 atom stereocenters. The van der Waals surface area contributed by atoms with E-state index in [1.807, 2.05) is 37.8 Å². The Labute approximate surface area is 265 Å². The Kier molecular flexibility index (Phi) is 9.99. The lowest BCUT2D eigenvalue weighted by Gasteiger charge is -2.39. The fourth-order valence-electron chi connectivity index (χ4n) is 6.47. The van der Waals surface area contributed by atoms with E-state index in [4.69, 9.17) is 4.74 Å². The van der Waals surface area contributed by atoms with Crippen molar-refractivity contribution in [2.45, 2.75) is 111 Å². The molecule has 9 heteroatoms. The molecule has 0 unspecified atom stereocenters. The molecular weight excluding hydrogens is 574 g/mol. The van der Waals surface area contributed by atoms with E-state index in [9.17, 15) is 19.5 Å². The van der Waals surface area contributed by atoms with Crippen LogP contribution in [0.4, 0.5) is 5.69 Å². The molecule has 3 aliphatic rings. The Morgan fingerprint density at radius 3 is 2.43 bits per heavy atom. The van der Waals surface area contributed by atoms with Crippen molar-refractivity contribution >= 4 is 34.8 Å². The second-order valence-electron chi connectivity index (χ2n) is 13.7. The number of anilines is 1. The van der Waals surface area contributed by atoms with Crippen LogP contribution in [0.25, 0.3) is 0 Å². The molecule has 2 aromatic heterocycles. The van der Waals surface area contributed by atoms with Gasteiger partial charge in [-0.25, -0.2) is 4.98 Å². The fourth-order valence-corrected chi connectivity index (χ4v) is 7.31. The number of nitrogens with zero attached hydrogens (tertiary/aromatic N) is 3. The highest BCUT2D eigenvalue weighted by Crippen LogP contribution is 2.39. The first-order chi connectivity index (χ1) is 21.0. The average molecular weight is 619 g/mol. The average Bonchev–Trinajstić information content (AvgIpc) is 3.60. The number of thiophene rings is 1. The molecule has 0 N–H and O–H groups in total. The van der Waals surface area contributed by atoms with Crippen molar-refractivity contribution in [3.63, 3.8) is 0 Å². The van der Waals surface area contributed by atoms with Crippen LogP contribution in [0, 0.1) is 29.1 Å². The standard InChI is InChI=1S/C35H45N3O5S/c1-23-7-10-25(11-8-23)33(40)38(29-20-28(17-18-35(2,3)4)44-32(29)34(41)42)26-12-14-27(15-13-26)43-30-16-9-24(21-36-30)22-37-19-5-6-31(37)39/h9,16,20-21,23,25-27H,5-8,10-15,19,22H2,1-4H3,(H,41,42)/p-1. The quantitative estimate of drug-likeness (QED) is 0.358. The minimum absolute atomic E-state index is 0.0191. The highest BCUT2D eigenvalue weighted by atomic mass is 32.1. The highest BCUT2D eigenvalue weighted by Gasteiger charge is 2.37. The molecule has 5 rings (SSSR count). The summed E-state index contributed by atoms with van der Waals surface area (Å²) in [5.74, 6) is 6.30. The van der Waals surface area contributed by atoms with Gasteiger partial charge < -0.3 is 24.4 Å². The SMILES string of the molecule is CC1CCC(C(=O)N(c2cc(C#CC(C)(C)C)sc2C(=O)[O-])C2CCC(Oc3ccc(CN4CCCC4=O)cn3)CC2)CC1. The number of carboxylic acids is 1. The molecule has 3 fully saturated rings. The number of amides is 2. The van der Waals surface area contributed by atoms with Crippen LogP contribution in [-0.2, 0) is 16.1 Å². The fraction of sp³-hybridized carbons (Fsp3) is 0.600. The number of aromatic nitrogens is 1. The van der Waals surface area contributed by atoms with Gasteiger partial charge in [0.25, 0.3) is 0 Å². The van der Waals surface area contributed by atoms with Crippen LogP contribution in [0.5, 0.6) is 5.88 Å². The van der Waals surface area contributed by atoms with E-state index in [1.165, 1.54) is 0 Å². The molecule has 0 aromatic carbocycles. The lowest BCUT2D eigenvalue weighted by Crippen LogP contribution is -2.47. The topological polar surface area (TPSA) is 103 Å². The molecule has 3 heterocycles. The Bertz CT molecular complexity index is 1400. The molecule has 44 heavy (non-hydrogen) atoms. The number of hydrogen-bond donors (Lipinski definition) is 0. The summed E-state index contributed by atoms with van der Waals surface area (Å²) in [7, 11) is 0. The van der Waals surface area contributed by atoms with Crippen molar-refractivity contribution < 1.29 is 24.2 Å². The van der Waals surface area contributed by atoms with Crippen LogP contribution >= 0.6 is 11.3 Å². The van der Waals surface area contributed by atoms with Gasteiger partial charge in [-0.15, -0.1) is 11.3 Å². The van der Waals surface area contributed by atoms with Crippen LogP contribution < -0.4 is 14.7 Å². The normalized spacial score (nSPS) is 24.0. The predicted molar refractivity (Wildman–Crippen MR) is 169 cm³/mol. The van der Waals surface area contributed by atoms with E-state index in [2.05, 4.69) is 23.7 Å². The summed E-state index contributed by atoms with van der Waals surface area (Å²) in [6.45, 7) is 9.62. The molecule has 236 valence electrons. The summed E-state index contributed by atoms with van der Waals surface area (Å²) >= 11 is 1.09. The Balaban J connectivity index is 1.30. The molecule has 0 radical (unpaired) electrons. The number of aromatic carboxylic acids is 1. The molecule has 2 aliphatic carbocycles. The van der Waals surface area contributed by atoms with E-state index >= 15 is 0 Å². The molecule has 8 nitrogen and oxygen atoms in total. The monoisotopic (exact) mass is 618 g/mol. The minimum atomic E-state index is -1.27. The lowest BCUT2D eigenvalue weighted by molar-refractivity contribution is -0.254. The first-order valence-electron chi connectivity index (χ1n) is 16.1. The van der Waals surface area contributed by atoms with Crippen LogP contribution in [0.2, 0.25) is 0 Å². The summed E-state index contributed by atoms with van der Waals surface area (Å²) in [5.41, 5.74) is 1.17. The van der Waals surface area contributed by atoms with Gasteiger partial charge in [-0.05, 0) is 96.1 Å².